The average Bonchev–Trinajstić information content (AvgIpc) is 3.52. The number of esters is 1. The number of carbonyl (C=O) groups excluding carboxylic acids is 1. The van der Waals surface area contributed by atoms with Crippen molar-refractivity contribution in [3.8, 4) is 0 Å². The maximum Gasteiger partial charge on any atom is 0.326 e. The van der Waals surface area contributed by atoms with Crippen LogP contribution in [0.5, 0.6) is 0 Å². The molecule has 4 rings (SSSR count). The van der Waals surface area contributed by atoms with Gasteiger partial charge in [-0.3, -0.25) is 9.36 Å². The molecule has 1 aliphatic rings. The summed E-state index contributed by atoms with van der Waals surface area (Å²) >= 11 is 6.09. The molecular weight excluding hydrogens is 529 g/mol. The van der Waals surface area contributed by atoms with E-state index in [1.165, 1.54) is 6.33 Å². The molecule has 2 atom stereocenters. The fraction of sp³-hybridized carbons (Fsp3) is 0.520. The lowest BCUT2D eigenvalue weighted by atomic mass is 10.1. The number of nitrogens with two attached hydrogens (primary N) is 1. The van der Waals surface area contributed by atoms with E-state index in [0.717, 1.165) is 18.4 Å². The highest BCUT2D eigenvalue weighted by atomic mass is 35.5. The summed E-state index contributed by atoms with van der Waals surface area (Å²) in [6.45, 7) is 7.79. The molecule has 1 aromatic carbocycles. The zero-order valence-electron chi connectivity index (χ0n) is 22.1. The minimum atomic E-state index is -3.49. The number of hydrogen-bond acceptors (Lipinski definition) is 8. The number of aromatic nitrogens is 4. The Morgan fingerprint density at radius 3 is 2.63 bits per heavy atom. The van der Waals surface area contributed by atoms with Crippen LogP contribution >= 0.6 is 19.0 Å². The van der Waals surface area contributed by atoms with Crippen LogP contribution in [-0.4, -0.2) is 50.1 Å². The lowest BCUT2D eigenvalue weighted by Gasteiger charge is -2.34. The van der Waals surface area contributed by atoms with Crippen LogP contribution in [0.3, 0.4) is 0 Å². The molecule has 206 valence electrons. The van der Waals surface area contributed by atoms with Gasteiger partial charge in [-0.25, -0.2) is 25.1 Å². The van der Waals surface area contributed by atoms with Gasteiger partial charge in [0.05, 0.1) is 31.1 Å². The highest BCUT2D eigenvalue weighted by molar-refractivity contribution is 7.59. The van der Waals surface area contributed by atoms with Crippen molar-refractivity contribution in [2.45, 2.75) is 70.7 Å². The number of fused-ring (bicyclic) bond motifs is 1. The smallest absolute Gasteiger partial charge is 0.326 e. The molecule has 38 heavy (non-hydrogen) atoms. The molecule has 1 fully saturated rings. The first-order valence-electron chi connectivity index (χ1n) is 12.6. The third-order valence-corrected chi connectivity index (χ3v) is 8.85. The summed E-state index contributed by atoms with van der Waals surface area (Å²) in [7, 11) is -3.49. The van der Waals surface area contributed by atoms with Gasteiger partial charge in [0.25, 0.3) is 0 Å². The van der Waals surface area contributed by atoms with Gasteiger partial charge < -0.3 is 19.8 Å². The molecule has 2 heterocycles. The van der Waals surface area contributed by atoms with Crippen molar-refractivity contribution in [1.82, 2.24) is 29.7 Å². The summed E-state index contributed by atoms with van der Waals surface area (Å²) in [6, 6.07) is 7.48. The summed E-state index contributed by atoms with van der Waals surface area (Å²) in [4.78, 5) is 25.3. The Labute approximate surface area is 227 Å². The van der Waals surface area contributed by atoms with Crippen molar-refractivity contribution in [3.05, 3.63) is 47.5 Å². The quantitative estimate of drug-likeness (QED) is 0.204. The number of nitrogens with one attached hydrogen (secondary N) is 2. The van der Waals surface area contributed by atoms with Crippen LogP contribution in [0, 0.1) is 0 Å². The molecule has 11 nitrogen and oxygen atoms in total. The van der Waals surface area contributed by atoms with E-state index in [4.69, 9.17) is 26.8 Å². The Kier molecular flexibility index (Phi) is 8.44. The van der Waals surface area contributed by atoms with Gasteiger partial charge in [-0.1, -0.05) is 30.7 Å². The van der Waals surface area contributed by atoms with Gasteiger partial charge in [-0.05, 0) is 57.7 Å². The van der Waals surface area contributed by atoms with E-state index in [1.54, 1.807) is 20.2 Å². The van der Waals surface area contributed by atoms with Crippen molar-refractivity contribution in [1.29, 1.82) is 0 Å². The Morgan fingerprint density at radius 1 is 1.26 bits per heavy atom. The van der Waals surface area contributed by atoms with E-state index in [2.05, 4.69) is 25.1 Å². The third kappa shape index (κ3) is 6.52. The van der Waals surface area contributed by atoms with Crippen LogP contribution in [0.15, 0.2) is 36.9 Å². The Balaban J connectivity index is 1.52. The molecule has 1 saturated carbocycles. The molecule has 13 heteroatoms. The Bertz CT molecular complexity index is 1330. The number of nitrogens with zero attached hydrogens (tertiary/aromatic N) is 4. The lowest BCUT2D eigenvalue weighted by Crippen LogP contribution is -2.50. The van der Waals surface area contributed by atoms with Crippen molar-refractivity contribution in [2.75, 3.05) is 18.7 Å². The summed E-state index contributed by atoms with van der Waals surface area (Å²) in [5.41, 5.74) is 6.26. The highest BCUT2D eigenvalue weighted by Gasteiger charge is 2.50. The molecule has 0 amide bonds. The topological polar surface area (TPSA) is 146 Å². The first-order valence-corrected chi connectivity index (χ1v) is 14.9. The fourth-order valence-electron chi connectivity index (χ4n) is 4.26. The maximum absolute atomic E-state index is 14.4. The van der Waals surface area contributed by atoms with Crippen LogP contribution in [0.4, 0.5) is 5.82 Å². The Morgan fingerprint density at radius 2 is 1.97 bits per heavy atom. The molecule has 0 aliphatic heterocycles. The van der Waals surface area contributed by atoms with Gasteiger partial charge in [0.15, 0.2) is 11.5 Å². The molecule has 0 radical (unpaired) electrons. The molecule has 2 aromatic heterocycles. The van der Waals surface area contributed by atoms with Crippen molar-refractivity contribution < 1.29 is 18.8 Å². The van der Waals surface area contributed by atoms with Gasteiger partial charge in [-0.2, -0.15) is 0 Å². The number of benzene rings is 1. The van der Waals surface area contributed by atoms with Crippen LogP contribution in [-0.2, 0) is 30.9 Å². The van der Waals surface area contributed by atoms with E-state index < -0.39 is 24.5 Å². The second-order valence-electron chi connectivity index (χ2n) is 10.2. The molecule has 3 aromatic rings. The molecule has 4 N–H and O–H groups in total. The summed E-state index contributed by atoms with van der Waals surface area (Å²) in [5, 5.41) is 7.04. The highest BCUT2D eigenvalue weighted by Crippen LogP contribution is 2.54. The third-order valence-electron chi connectivity index (χ3n) is 6.37. The first kappa shape index (κ1) is 28.4. The first-order chi connectivity index (χ1) is 18.0. The largest absolute Gasteiger partial charge is 0.464 e. The minimum Gasteiger partial charge on any atom is -0.464 e. The monoisotopic (exact) mass is 563 g/mol. The molecule has 0 spiro atoms. The molecule has 0 bridgehead atoms. The number of nitrogen functional groups attached to an aromatic ring is 1. The number of hydrogen-bond donors (Lipinski definition) is 3. The zero-order chi connectivity index (χ0) is 27.6. The average molecular weight is 564 g/mol. The number of ether oxygens (including phenoxy) is 2. The van der Waals surface area contributed by atoms with Gasteiger partial charge >= 0.3 is 5.97 Å². The molecular formula is C25H35ClN7O4P. The van der Waals surface area contributed by atoms with Crippen LogP contribution < -0.4 is 15.9 Å². The number of halogens is 1. The van der Waals surface area contributed by atoms with Crippen LogP contribution in [0.25, 0.3) is 11.2 Å². The maximum atomic E-state index is 14.4. The molecule has 1 unspecified atom stereocenters. The van der Waals surface area contributed by atoms with E-state index in [1.807, 2.05) is 42.7 Å². The van der Waals surface area contributed by atoms with Gasteiger partial charge in [0.2, 0.25) is 7.44 Å². The summed E-state index contributed by atoms with van der Waals surface area (Å²) in [5.74, 6) is -0.178. The zero-order valence-corrected chi connectivity index (χ0v) is 23.8. The predicted octanol–water partition coefficient (Wildman–Crippen LogP) is 4.22. The van der Waals surface area contributed by atoms with Crippen molar-refractivity contribution >= 4 is 42.0 Å². The minimum absolute atomic E-state index is 0.155. The number of anilines is 1. The Hall–Kier alpha value is -2.56. The van der Waals surface area contributed by atoms with Gasteiger partial charge in [-0.15, -0.1) is 0 Å². The SMILES string of the molecule is CCCOC(=O)C(C)(C)NP(=O)(CO[C@H](C)Cn1cnc2c(N)ncnc21)NC1(c2ccc(Cl)cc2)CC1. The second-order valence-corrected chi connectivity index (χ2v) is 12.9. The van der Waals surface area contributed by atoms with Crippen molar-refractivity contribution in [3.63, 3.8) is 0 Å². The van der Waals surface area contributed by atoms with E-state index >= 15 is 0 Å². The second kappa shape index (κ2) is 11.3. The van der Waals surface area contributed by atoms with Gasteiger partial charge in [0, 0.05) is 5.02 Å². The standard InChI is InChI=1S/C25H35ClN7O4P/c1-5-12-36-23(34)24(3,4)31-38(35,32-25(10-11-25)18-6-8-19(26)9-7-18)16-37-17(2)13-33-15-30-20-21(27)28-14-29-22(20)33/h6-9,14-15,17H,5,10-13,16H2,1-4H3,(H2,27,28,29)(H2,31,32,35)/t17-,38?/m1/s1. The molecule has 0 saturated heterocycles. The van der Waals surface area contributed by atoms with Crippen molar-refractivity contribution in [2.24, 2.45) is 0 Å². The predicted molar refractivity (Wildman–Crippen MR) is 147 cm³/mol. The van der Waals surface area contributed by atoms with Crippen LogP contribution in [0.1, 0.15) is 52.5 Å². The van der Waals surface area contributed by atoms with Gasteiger partial charge in [0.1, 0.15) is 23.7 Å². The van der Waals surface area contributed by atoms with E-state index in [0.29, 0.717) is 35.0 Å². The normalized spacial score (nSPS) is 17.2. The summed E-state index contributed by atoms with van der Waals surface area (Å²) < 4.78 is 27.7. The van der Waals surface area contributed by atoms with E-state index in [-0.39, 0.29) is 19.1 Å². The summed E-state index contributed by atoms with van der Waals surface area (Å²) in [6.07, 6.45) is 4.77. The molecule has 1 aliphatic carbocycles. The number of imidazole rings is 1. The number of carbonyl (C=O) groups is 1. The van der Waals surface area contributed by atoms with E-state index in [9.17, 15) is 9.36 Å². The number of rotatable bonds is 13. The fourth-order valence-corrected chi connectivity index (χ4v) is 7.08. The van der Waals surface area contributed by atoms with Crippen LogP contribution in [0.2, 0.25) is 5.02 Å². The lowest BCUT2D eigenvalue weighted by molar-refractivity contribution is -0.149.